The molecule has 1 atom stereocenters. The second-order valence-corrected chi connectivity index (χ2v) is 5.56. The standard InChI is InChI=1S/C10H16O4S/c11-8(12)9(2-5-15-6-3-9)10(13)1-4-14-7-10/h13H,1-7H2,(H,11,12). The number of carboxylic acid groups (broad SMARTS) is 1. The highest BCUT2D eigenvalue weighted by molar-refractivity contribution is 7.99. The Bertz CT molecular complexity index is 254. The van der Waals surface area contributed by atoms with Gasteiger partial charge in [0.25, 0.3) is 0 Å². The van der Waals surface area contributed by atoms with Crippen molar-refractivity contribution in [2.24, 2.45) is 5.41 Å². The highest BCUT2D eigenvalue weighted by Gasteiger charge is 2.57. The summed E-state index contributed by atoms with van der Waals surface area (Å²) in [5.41, 5.74) is -2.13. The number of aliphatic hydroxyl groups is 1. The third kappa shape index (κ3) is 1.66. The first-order valence-corrected chi connectivity index (χ1v) is 6.37. The van der Waals surface area contributed by atoms with Crippen molar-refractivity contribution in [3.63, 3.8) is 0 Å². The molecular formula is C10H16O4S. The Kier molecular flexibility index (Phi) is 2.96. The van der Waals surface area contributed by atoms with Crippen LogP contribution in [0.25, 0.3) is 0 Å². The van der Waals surface area contributed by atoms with Crippen LogP contribution in [-0.4, -0.2) is 46.5 Å². The molecule has 2 aliphatic heterocycles. The molecule has 2 N–H and O–H groups in total. The molecule has 0 aliphatic carbocycles. The van der Waals surface area contributed by atoms with Gasteiger partial charge in [-0.05, 0) is 24.3 Å². The monoisotopic (exact) mass is 232 g/mol. The summed E-state index contributed by atoms with van der Waals surface area (Å²) in [6.45, 7) is 0.642. The zero-order chi connectivity index (χ0) is 10.9. The van der Waals surface area contributed by atoms with Gasteiger partial charge >= 0.3 is 5.97 Å². The van der Waals surface area contributed by atoms with Crippen LogP contribution in [0.15, 0.2) is 0 Å². The summed E-state index contributed by atoms with van der Waals surface area (Å²) in [7, 11) is 0. The average Bonchev–Trinajstić information content (AvgIpc) is 2.67. The molecule has 15 heavy (non-hydrogen) atoms. The van der Waals surface area contributed by atoms with Crippen molar-refractivity contribution in [3.05, 3.63) is 0 Å². The summed E-state index contributed by atoms with van der Waals surface area (Å²) in [6, 6.07) is 0. The molecule has 86 valence electrons. The van der Waals surface area contributed by atoms with E-state index < -0.39 is 17.0 Å². The predicted molar refractivity (Wildman–Crippen MR) is 57.0 cm³/mol. The number of hydrogen-bond acceptors (Lipinski definition) is 4. The van der Waals surface area contributed by atoms with Crippen LogP contribution in [0, 0.1) is 5.41 Å². The Morgan fingerprint density at radius 1 is 1.27 bits per heavy atom. The third-order valence-electron chi connectivity index (χ3n) is 3.65. The summed E-state index contributed by atoms with van der Waals surface area (Å²) in [6.07, 6.45) is 1.55. The molecule has 0 bridgehead atoms. The third-order valence-corrected chi connectivity index (χ3v) is 4.63. The first kappa shape index (κ1) is 11.2. The fourth-order valence-corrected chi connectivity index (χ4v) is 3.72. The Labute approximate surface area is 93.0 Å². The van der Waals surface area contributed by atoms with Crippen LogP contribution in [0.5, 0.6) is 0 Å². The quantitative estimate of drug-likeness (QED) is 0.735. The van der Waals surface area contributed by atoms with Gasteiger partial charge in [-0.1, -0.05) is 0 Å². The summed E-state index contributed by atoms with van der Waals surface area (Å²) < 4.78 is 5.17. The van der Waals surface area contributed by atoms with Gasteiger partial charge in [-0.15, -0.1) is 0 Å². The molecule has 5 heteroatoms. The van der Waals surface area contributed by atoms with Crippen LogP contribution in [0.3, 0.4) is 0 Å². The van der Waals surface area contributed by atoms with Crippen molar-refractivity contribution in [2.45, 2.75) is 24.9 Å². The van der Waals surface area contributed by atoms with Crippen molar-refractivity contribution < 1.29 is 19.7 Å². The molecule has 2 heterocycles. The van der Waals surface area contributed by atoms with E-state index in [9.17, 15) is 15.0 Å². The largest absolute Gasteiger partial charge is 0.481 e. The van der Waals surface area contributed by atoms with Crippen LogP contribution in [0.2, 0.25) is 0 Å². The lowest BCUT2D eigenvalue weighted by molar-refractivity contribution is -0.171. The summed E-state index contributed by atoms with van der Waals surface area (Å²) in [4.78, 5) is 11.4. The van der Waals surface area contributed by atoms with Gasteiger partial charge in [0.05, 0.1) is 6.61 Å². The maximum Gasteiger partial charge on any atom is 0.312 e. The molecule has 2 rings (SSSR count). The average molecular weight is 232 g/mol. The van der Waals surface area contributed by atoms with Crippen molar-refractivity contribution in [1.29, 1.82) is 0 Å². The van der Waals surface area contributed by atoms with Gasteiger partial charge in [-0.25, -0.2) is 0 Å². The van der Waals surface area contributed by atoms with Gasteiger partial charge in [-0.3, -0.25) is 4.79 Å². The minimum atomic E-state index is -1.15. The Hall–Kier alpha value is -0.260. The van der Waals surface area contributed by atoms with E-state index in [1.54, 1.807) is 11.8 Å². The van der Waals surface area contributed by atoms with E-state index >= 15 is 0 Å². The zero-order valence-corrected chi connectivity index (χ0v) is 9.39. The fourth-order valence-electron chi connectivity index (χ4n) is 2.53. The molecule has 2 saturated heterocycles. The van der Waals surface area contributed by atoms with Crippen molar-refractivity contribution >= 4 is 17.7 Å². The summed E-state index contributed by atoms with van der Waals surface area (Å²) in [5.74, 6) is 0.763. The molecule has 0 aromatic carbocycles. The maximum atomic E-state index is 11.4. The molecule has 0 aromatic heterocycles. The maximum absolute atomic E-state index is 11.4. The molecule has 2 fully saturated rings. The van der Waals surface area contributed by atoms with Gasteiger partial charge in [0.1, 0.15) is 11.0 Å². The second kappa shape index (κ2) is 3.96. The predicted octanol–water partition coefficient (Wildman–Crippen LogP) is 0.736. The van der Waals surface area contributed by atoms with Crippen LogP contribution in [0.1, 0.15) is 19.3 Å². The molecule has 1 unspecified atom stereocenters. The number of hydrogen-bond donors (Lipinski definition) is 2. The van der Waals surface area contributed by atoms with E-state index in [-0.39, 0.29) is 6.61 Å². The van der Waals surface area contributed by atoms with Gasteiger partial charge in [0.15, 0.2) is 0 Å². The number of thioether (sulfide) groups is 1. The molecule has 2 aliphatic rings. The van der Waals surface area contributed by atoms with Gasteiger partial charge < -0.3 is 14.9 Å². The number of carbonyl (C=O) groups is 1. The SMILES string of the molecule is O=C(O)C1(C2(O)CCOC2)CCSCC1. The van der Waals surface area contributed by atoms with E-state index in [1.807, 2.05) is 0 Å². The van der Waals surface area contributed by atoms with Crippen molar-refractivity contribution in [3.8, 4) is 0 Å². The highest BCUT2D eigenvalue weighted by Crippen LogP contribution is 2.47. The molecular weight excluding hydrogens is 216 g/mol. The molecule has 0 saturated carbocycles. The minimum Gasteiger partial charge on any atom is -0.481 e. The lowest BCUT2D eigenvalue weighted by Crippen LogP contribution is -2.55. The first-order valence-electron chi connectivity index (χ1n) is 5.22. The molecule has 0 aromatic rings. The van der Waals surface area contributed by atoms with Crippen LogP contribution >= 0.6 is 11.8 Å². The number of rotatable bonds is 2. The molecule has 4 nitrogen and oxygen atoms in total. The van der Waals surface area contributed by atoms with E-state index in [4.69, 9.17) is 4.74 Å². The van der Waals surface area contributed by atoms with Crippen molar-refractivity contribution in [2.75, 3.05) is 24.7 Å². The number of ether oxygens (including phenoxy) is 1. The zero-order valence-electron chi connectivity index (χ0n) is 8.57. The normalized spacial score (nSPS) is 35.3. The minimum absolute atomic E-state index is 0.171. The summed E-state index contributed by atoms with van der Waals surface area (Å²) in [5, 5.41) is 19.8. The topological polar surface area (TPSA) is 66.8 Å². The van der Waals surface area contributed by atoms with E-state index in [1.165, 1.54) is 0 Å². The lowest BCUT2D eigenvalue weighted by Gasteiger charge is -2.43. The second-order valence-electron chi connectivity index (χ2n) is 4.33. The smallest absolute Gasteiger partial charge is 0.312 e. The highest BCUT2D eigenvalue weighted by atomic mass is 32.2. The lowest BCUT2D eigenvalue weighted by atomic mass is 9.67. The summed E-state index contributed by atoms with van der Waals surface area (Å²) >= 11 is 1.76. The van der Waals surface area contributed by atoms with Gasteiger partial charge in [0.2, 0.25) is 0 Å². The first-order chi connectivity index (χ1) is 7.11. The number of aliphatic carboxylic acids is 1. The Morgan fingerprint density at radius 2 is 1.93 bits per heavy atom. The van der Waals surface area contributed by atoms with Crippen LogP contribution in [0.4, 0.5) is 0 Å². The molecule has 0 radical (unpaired) electrons. The fraction of sp³-hybridized carbons (Fsp3) is 0.900. The Morgan fingerprint density at radius 3 is 2.40 bits per heavy atom. The number of carboxylic acids is 1. The van der Waals surface area contributed by atoms with E-state index in [2.05, 4.69) is 0 Å². The van der Waals surface area contributed by atoms with Gasteiger partial charge in [-0.2, -0.15) is 11.8 Å². The Balaban J connectivity index is 2.28. The van der Waals surface area contributed by atoms with E-state index in [0.717, 1.165) is 11.5 Å². The van der Waals surface area contributed by atoms with E-state index in [0.29, 0.717) is 25.9 Å². The molecule has 0 amide bonds. The van der Waals surface area contributed by atoms with Gasteiger partial charge in [0, 0.05) is 13.0 Å². The van der Waals surface area contributed by atoms with Crippen LogP contribution in [-0.2, 0) is 9.53 Å². The van der Waals surface area contributed by atoms with Crippen LogP contribution < -0.4 is 0 Å². The van der Waals surface area contributed by atoms with Crippen molar-refractivity contribution in [1.82, 2.24) is 0 Å². The molecule has 0 spiro atoms.